The minimum atomic E-state index is -0.0591. The van der Waals surface area contributed by atoms with Crippen molar-refractivity contribution in [2.45, 2.75) is 26.8 Å². The van der Waals surface area contributed by atoms with Crippen LogP contribution in [0, 0.1) is 13.8 Å². The summed E-state index contributed by atoms with van der Waals surface area (Å²) in [4.78, 5) is 19.3. The highest BCUT2D eigenvalue weighted by molar-refractivity contribution is 6.31. The van der Waals surface area contributed by atoms with Gasteiger partial charge in [-0.2, -0.15) is 5.10 Å². The molecule has 1 aliphatic rings. The van der Waals surface area contributed by atoms with Gasteiger partial charge in [0, 0.05) is 47.2 Å². The van der Waals surface area contributed by atoms with Crippen molar-refractivity contribution >= 4 is 23.3 Å². The number of carbonyl (C=O) groups excluding carboxylic acids is 1. The molecule has 4 rings (SSSR count). The average molecular weight is 367 g/mol. The number of pyridine rings is 1. The largest absolute Gasteiger partial charge is 0.292 e. The number of rotatable bonds is 2. The topological polar surface area (TPSA) is 51.0 Å². The molecule has 0 N–H and O–H groups in total. The van der Waals surface area contributed by atoms with E-state index in [1.807, 2.05) is 35.7 Å². The Morgan fingerprint density at radius 2 is 2.04 bits per heavy atom. The van der Waals surface area contributed by atoms with Crippen molar-refractivity contribution in [3.63, 3.8) is 0 Å². The number of anilines is 1. The van der Waals surface area contributed by atoms with E-state index in [1.165, 1.54) is 0 Å². The molecule has 1 aromatic carbocycles. The first kappa shape index (κ1) is 16.8. The summed E-state index contributed by atoms with van der Waals surface area (Å²) in [5, 5.41) is 5.24. The summed E-state index contributed by atoms with van der Waals surface area (Å²) in [6.45, 7) is 5.49. The van der Waals surface area contributed by atoms with Crippen LogP contribution in [0.25, 0.3) is 11.1 Å². The predicted octanol–water partition coefficient (Wildman–Crippen LogP) is 4.27. The summed E-state index contributed by atoms with van der Waals surface area (Å²) in [7, 11) is 0. The first-order valence-electron chi connectivity index (χ1n) is 8.62. The summed E-state index contributed by atoms with van der Waals surface area (Å²) >= 11 is 6.08. The van der Waals surface area contributed by atoms with Gasteiger partial charge < -0.3 is 0 Å². The van der Waals surface area contributed by atoms with Gasteiger partial charge in [0.05, 0.1) is 5.69 Å². The zero-order valence-corrected chi connectivity index (χ0v) is 15.5. The highest BCUT2D eigenvalue weighted by atomic mass is 35.5. The Balaban J connectivity index is 1.86. The lowest BCUT2D eigenvalue weighted by molar-refractivity contribution is 0.0981. The first-order chi connectivity index (χ1) is 12.6. The molecule has 132 valence electrons. The Morgan fingerprint density at radius 1 is 1.19 bits per heavy atom. The fraction of sp³-hybridized carbons (Fsp3) is 0.250. The van der Waals surface area contributed by atoms with Gasteiger partial charge in [0.15, 0.2) is 0 Å². The molecule has 0 aliphatic carbocycles. The molecule has 0 saturated heterocycles. The molecule has 0 spiro atoms. The predicted molar refractivity (Wildman–Crippen MR) is 103 cm³/mol. The lowest BCUT2D eigenvalue weighted by Gasteiger charge is -2.29. The molecule has 1 amide bonds. The van der Waals surface area contributed by atoms with Crippen molar-refractivity contribution in [2.24, 2.45) is 0 Å². The van der Waals surface area contributed by atoms with Gasteiger partial charge in [-0.1, -0.05) is 17.7 Å². The molecule has 3 aromatic rings. The van der Waals surface area contributed by atoms with E-state index in [1.54, 1.807) is 30.5 Å². The molecule has 0 bridgehead atoms. The van der Waals surface area contributed by atoms with Crippen molar-refractivity contribution in [2.75, 3.05) is 11.4 Å². The SMILES string of the molecule is Cc1ccncc1-c1c(C)nn2c1N(C(=O)c1cccc(Cl)c1)CCC2. The maximum Gasteiger partial charge on any atom is 0.259 e. The third-order valence-corrected chi connectivity index (χ3v) is 4.97. The molecule has 26 heavy (non-hydrogen) atoms. The van der Waals surface area contributed by atoms with Gasteiger partial charge in [0.2, 0.25) is 0 Å². The molecule has 0 atom stereocenters. The Bertz CT molecular complexity index is 995. The van der Waals surface area contributed by atoms with Crippen molar-refractivity contribution < 1.29 is 4.79 Å². The second-order valence-corrected chi connectivity index (χ2v) is 6.95. The third-order valence-electron chi connectivity index (χ3n) is 4.73. The Kier molecular flexibility index (Phi) is 4.24. The number of benzene rings is 1. The van der Waals surface area contributed by atoms with Gasteiger partial charge in [-0.05, 0) is 50.1 Å². The lowest BCUT2D eigenvalue weighted by Crippen LogP contribution is -2.38. The van der Waals surface area contributed by atoms with Crippen LogP contribution >= 0.6 is 11.6 Å². The number of carbonyl (C=O) groups is 1. The van der Waals surface area contributed by atoms with Crippen molar-refractivity contribution in [3.8, 4) is 11.1 Å². The summed E-state index contributed by atoms with van der Waals surface area (Å²) < 4.78 is 1.93. The summed E-state index contributed by atoms with van der Waals surface area (Å²) in [6.07, 6.45) is 4.49. The van der Waals surface area contributed by atoms with E-state index in [2.05, 4.69) is 10.1 Å². The fourth-order valence-electron chi connectivity index (χ4n) is 3.50. The average Bonchev–Trinajstić information content (AvgIpc) is 2.97. The van der Waals surface area contributed by atoms with E-state index in [4.69, 9.17) is 11.6 Å². The van der Waals surface area contributed by atoms with E-state index in [9.17, 15) is 4.79 Å². The van der Waals surface area contributed by atoms with Gasteiger partial charge in [0.1, 0.15) is 5.82 Å². The second-order valence-electron chi connectivity index (χ2n) is 6.52. The molecule has 5 nitrogen and oxygen atoms in total. The molecule has 0 fully saturated rings. The van der Waals surface area contributed by atoms with Crippen LogP contribution in [0.15, 0.2) is 42.7 Å². The summed E-state index contributed by atoms with van der Waals surface area (Å²) in [5.74, 6) is 0.783. The fourth-order valence-corrected chi connectivity index (χ4v) is 3.69. The number of amides is 1. The molecule has 2 aromatic heterocycles. The standard InChI is InChI=1S/C20H19ClN4O/c1-13-7-8-22-12-17(13)18-14(2)23-25-10-4-9-24(19(18)25)20(26)15-5-3-6-16(21)11-15/h3,5-8,11-12H,4,9-10H2,1-2H3. The van der Waals surface area contributed by atoms with Crippen molar-refractivity contribution in [3.05, 3.63) is 64.6 Å². The molecule has 0 unspecified atom stereocenters. The quantitative estimate of drug-likeness (QED) is 0.680. The monoisotopic (exact) mass is 366 g/mol. The van der Waals surface area contributed by atoms with Gasteiger partial charge in [-0.25, -0.2) is 4.68 Å². The smallest absolute Gasteiger partial charge is 0.259 e. The highest BCUT2D eigenvalue weighted by Gasteiger charge is 2.30. The Morgan fingerprint density at radius 3 is 2.81 bits per heavy atom. The summed E-state index contributed by atoms with van der Waals surface area (Å²) in [6, 6.07) is 9.05. The number of aromatic nitrogens is 3. The minimum Gasteiger partial charge on any atom is -0.292 e. The van der Waals surface area contributed by atoms with Gasteiger partial charge in [-0.15, -0.1) is 0 Å². The maximum absolute atomic E-state index is 13.2. The van der Waals surface area contributed by atoms with E-state index in [0.717, 1.165) is 41.2 Å². The molecular formula is C20H19ClN4O. The maximum atomic E-state index is 13.2. The van der Waals surface area contributed by atoms with Crippen LogP contribution in [0.4, 0.5) is 5.82 Å². The van der Waals surface area contributed by atoms with Gasteiger partial charge >= 0.3 is 0 Å². The number of nitrogens with zero attached hydrogens (tertiary/aromatic N) is 4. The first-order valence-corrected chi connectivity index (χ1v) is 9.00. The van der Waals surface area contributed by atoms with E-state index in [-0.39, 0.29) is 5.91 Å². The zero-order valence-electron chi connectivity index (χ0n) is 14.7. The molecule has 0 radical (unpaired) electrons. The number of fused-ring (bicyclic) bond motifs is 1. The number of hydrogen-bond acceptors (Lipinski definition) is 3. The summed E-state index contributed by atoms with van der Waals surface area (Å²) in [5.41, 5.74) is 4.59. The van der Waals surface area contributed by atoms with Crippen LogP contribution in [0.5, 0.6) is 0 Å². The molecule has 1 aliphatic heterocycles. The normalized spacial score (nSPS) is 13.6. The molecule has 6 heteroatoms. The zero-order chi connectivity index (χ0) is 18.3. The van der Waals surface area contributed by atoms with Crippen LogP contribution in [-0.2, 0) is 6.54 Å². The number of aryl methyl sites for hydroxylation is 3. The Labute approximate surface area is 157 Å². The second kappa shape index (κ2) is 6.57. The van der Waals surface area contributed by atoms with Gasteiger partial charge in [-0.3, -0.25) is 14.7 Å². The molecule has 0 saturated carbocycles. The van der Waals surface area contributed by atoms with E-state index < -0.39 is 0 Å². The van der Waals surface area contributed by atoms with E-state index >= 15 is 0 Å². The van der Waals surface area contributed by atoms with Crippen LogP contribution in [-0.4, -0.2) is 27.2 Å². The minimum absolute atomic E-state index is 0.0591. The van der Waals surface area contributed by atoms with Crippen LogP contribution < -0.4 is 4.90 Å². The van der Waals surface area contributed by atoms with Gasteiger partial charge in [0.25, 0.3) is 5.91 Å². The number of halogens is 1. The third kappa shape index (κ3) is 2.78. The molecular weight excluding hydrogens is 348 g/mol. The van der Waals surface area contributed by atoms with E-state index in [0.29, 0.717) is 17.1 Å². The highest BCUT2D eigenvalue weighted by Crippen LogP contribution is 2.38. The Hall–Kier alpha value is -2.66. The lowest BCUT2D eigenvalue weighted by atomic mass is 10.0. The van der Waals surface area contributed by atoms with Crippen LogP contribution in [0.1, 0.15) is 28.0 Å². The van der Waals surface area contributed by atoms with Crippen molar-refractivity contribution in [1.29, 1.82) is 0 Å². The van der Waals surface area contributed by atoms with Crippen LogP contribution in [0.2, 0.25) is 5.02 Å². The number of hydrogen-bond donors (Lipinski definition) is 0. The molecule has 3 heterocycles. The van der Waals surface area contributed by atoms with Crippen molar-refractivity contribution in [1.82, 2.24) is 14.8 Å². The van der Waals surface area contributed by atoms with Crippen LogP contribution in [0.3, 0.4) is 0 Å².